The average Bonchev–Trinajstić information content (AvgIpc) is 2.58. The van der Waals surface area contributed by atoms with Crippen LogP contribution in [0.25, 0.3) is 0 Å². The normalized spacial score (nSPS) is 10.3. The van der Waals surface area contributed by atoms with Gasteiger partial charge in [-0.3, -0.25) is 9.48 Å². The van der Waals surface area contributed by atoms with Crippen LogP contribution >= 0.6 is 15.9 Å². The monoisotopic (exact) mass is 306 g/mol. The molecule has 0 aliphatic rings. The summed E-state index contributed by atoms with van der Waals surface area (Å²) in [5.41, 5.74) is 1.62. The predicted molar refractivity (Wildman–Crippen MR) is 70.2 cm³/mol. The molecule has 0 saturated heterocycles. The van der Waals surface area contributed by atoms with E-state index < -0.39 is 0 Å². The van der Waals surface area contributed by atoms with Gasteiger partial charge < -0.3 is 4.57 Å². The van der Waals surface area contributed by atoms with Crippen molar-refractivity contribution in [2.45, 2.75) is 13.5 Å². The number of nitriles is 1. The van der Waals surface area contributed by atoms with Crippen molar-refractivity contribution in [1.82, 2.24) is 14.3 Å². The van der Waals surface area contributed by atoms with Crippen molar-refractivity contribution in [3.63, 3.8) is 0 Å². The zero-order valence-electron chi connectivity index (χ0n) is 10.0. The Morgan fingerprint density at radius 3 is 2.83 bits per heavy atom. The summed E-state index contributed by atoms with van der Waals surface area (Å²) in [6.45, 7) is 2.27. The molecule has 0 spiro atoms. The van der Waals surface area contributed by atoms with Crippen LogP contribution in [0, 0.1) is 18.3 Å². The number of pyridine rings is 1. The van der Waals surface area contributed by atoms with Crippen LogP contribution in [-0.2, 0) is 13.6 Å². The van der Waals surface area contributed by atoms with Crippen molar-refractivity contribution in [1.29, 1.82) is 5.26 Å². The third kappa shape index (κ3) is 2.09. The molecule has 6 heteroatoms. The number of nitrogens with zero attached hydrogens (tertiary/aromatic N) is 4. The first-order valence-corrected chi connectivity index (χ1v) is 6.11. The number of hydrogen-bond donors (Lipinski definition) is 0. The van der Waals surface area contributed by atoms with Crippen molar-refractivity contribution in [2.75, 3.05) is 0 Å². The molecule has 2 heterocycles. The van der Waals surface area contributed by atoms with E-state index in [2.05, 4.69) is 21.0 Å². The number of hydrogen-bond acceptors (Lipinski definition) is 3. The molecule has 2 aromatic rings. The molecule has 0 amide bonds. The van der Waals surface area contributed by atoms with Crippen LogP contribution in [0.3, 0.4) is 0 Å². The maximum absolute atomic E-state index is 11.9. The van der Waals surface area contributed by atoms with Gasteiger partial charge in [-0.05, 0) is 35.0 Å². The molecule has 5 nitrogen and oxygen atoms in total. The van der Waals surface area contributed by atoms with E-state index >= 15 is 0 Å². The van der Waals surface area contributed by atoms with Gasteiger partial charge in [-0.1, -0.05) is 0 Å². The van der Waals surface area contributed by atoms with Crippen LogP contribution in [0.5, 0.6) is 0 Å². The zero-order chi connectivity index (χ0) is 13.3. The second-order valence-electron chi connectivity index (χ2n) is 3.94. The molecule has 0 bridgehead atoms. The predicted octanol–water partition coefficient (Wildman–Crippen LogP) is 1.57. The molecule has 0 atom stereocenters. The Balaban J connectivity index is 2.48. The molecule has 2 aromatic heterocycles. The first-order valence-electron chi connectivity index (χ1n) is 5.32. The molecule has 18 heavy (non-hydrogen) atoms. The molecule has 0 N–H and O–H groups in total. The molecule has 0 aromatic carbocycles. The first kappa shape index (κ1) is 12.6. The first-order chi connectivity index (χ1) is 8.54. The number of halogens is 1. The fourth-order valence-corrected chi connectivity index (χ4v) is 2.22. The van der Waals surface area contributed by atoms with E-state index in [9.17, 15) is 4.79 Å². The second kappa shape index (κ2) is 4.78. The maximum atomic E-state index is 11.9. The smallest absolute Gasteiger partial charge is 0.268 e. The standard InChI is InChI=1S/C12H11BrN4O/c1-8-11(13)10(16(2)15-8)7-17-5-3-4-9(6-14)12(17)18/h3-5H,7H2,1-2H3. The summed E-state index contributed by atoms with van der Waals surface area (Å²) in [6, 6.07) is 5.10. The topological polar surface area (TPSA) is 63.6 Å². The van der Waals surface area contributed by atoms with Crippen LogP contribution in [0.1, 0.15) is 17.0 Å². The van der Waals surface area contributed by atoms with E-state index in [0.29, 0.717) is 6.54 Å². The highest BCUT2D eigenvalue weighted by Gasteiger charge is 2.12. The lowest BCUT2D eigenvalue weighted by molar-refractivity contribution is 0.649. The Morgan fingerprint density at radius 2 is 2.28 bits per heavy atom. The molecule has 0 aliphatic carbocycles. The van der Waals surface area contributed by atoms with E-state index in [4.69, 9.17) is 5.26 Å². The SMILES string of the molecule is Cc1nn(C)c(Cn2cccc(C#N)c2=O)c1Br. The highest BCUT2D eigenvalue weighted by molar-refractivity contribution is 9.10. The van der Waals surface area contributed by atoms with E-state index in [0.717, 1.165) is 15.9 Å². The zero-order valence-corrected chi connectivity index (χ0v) is 11.6. The largest absolute Gasteiger partial charge is 0.308 e. The van der Waals surface area contributed by atoms with Crippen molar-refractivity contribution >= 4 is 15.9 Å². The summed E-state index contributed by atoms with van der Waals surface area (Å²) in [7, 11) is 1.83. The number of aryl methyl sites for hydroxylation is 2. The minimum atomic E-state index is -0.286. The Morgan fingerprint density at radius 1 is 1.56 bits per heavy atom. The Bertz CT molecular complexity index is 693. The number of aromatic nitrogens is 3. The average molecular weight is 307 g/mol. The summed E-state index contributed by atoms with van der Waals surface area (Å²) in [4.78, 5) is 11.9. The van der Waals surface area contributed by atoms with Gasteiger partial charge in [-0.15, -0.1) is 0 Å². The summed E-state index contributed by atoms with van der Waals surface area (Å²) in [5, 5.41) is 13.1. The van der Waals surface area contributed by atoms with Gasteiger partial charge in [0.15, 0.2) is 0 Å². The number of rotatable bonds is 2. The van der Waals surface area contributed by atoms with Gasteiger partial charge in [0.1, 0.15) is 11.6 Å². The van der Waals surface area contributed by atoms with Crippen LogP contribution in [0.4, 0.5) is 0 Å². The third-order valence-electron chi connectivity index (χ3n) is 2.72. The van der Waals surface area contributed by atoms with E-state index in [1.54, 1.807) is 16.9 Å². The van der Waals surface area contributed by atoms with Crippen molar-refractivity contribution < 1.29 is 0 Å². The molecule has 0 fully saturated rings. The summed E-state index contributed by atoms with van der Waals surface area (Å²) < 4.78 is 4.12. The van der Waals surface area contributed by atoms with E-state index in [1.807, 2.05) is 20.0 Å². The summed E-state index contributed by atoms with van der Waals surface area (Å²) >= 11 is 3.45. The van der Waals surface area contributed by atoms with Crippen LogP contribution in [-0.4, -0.2) is 14.3 Å². The van der Waals surface area contributed by atoms with Gasteiger partial charge >= 0.3 is 0 Å². The molecule has 0 aliphatic heterocycles. The molecular formula is C12H11BrN4O. The minimum absolute atomic E-state index is 0.146. The lowest BCUT2D eigenvalue weighted by Crippen LogP contribution is -2.23. The third-order valence-corrected chi connectivity index (χ3v) is 3.75. The molecule has 0 radical (unpaired) electrons. The molecular weight excluding hydrogens is 296 g/mol. The van der Waals surface area contributed by atoms with E-state index in [-0.39, 0.29) is 11.1 Å². The van der Waals surface area contributed by atoms with Gasteiger partial charge in [-0.25, -0.2) is 0 Å². The highest BCUT2D eigenvalue weighted by Crippen LogP contribution is 2.20. The Kier molecular flexibility index (Phi) is 3.34. The summed E-state index contributed by atoms with van der Waals surface area (Å²) in [6.07, 6.45) is 1.66. The molecule has 92 valence electrons. The van der Waals surface area contributed by atoms with Crippen molar-refractivity contribution in [3.8, 4) is 6.07 Å². The van der Waals surface area contributed by atoms with Gasteiger partial charge in [0.2, 0.25) is 0 Å². The van der Waals surface area contributed by atoms with Crippen molar-refractivity contribution in [3.05, 3.63) is 50.1 Å². The minimum Gasteiger partial charge on any atom is -0.308 e. The van der Waals surface area contributed by atoms with Gasteiger partial charge in [-0.2, -0.15) is 10.4 Å². The van der Waals surface area contributed by atoms with E-state index in [1.165, 1.54) is 10.6 Å². The van der Waals surface area contributed by atoms with Gasteiger partial charge in [0.05, 0.1) is 22.4 Å². The lowest BCUT2D eigenvalue weighted by atomic mass is 10.3. The Labute approximate surface area is 112 Å². The fourth-order valence-electron chi connectivity index (χ4n) is 1.76. The molecule has 0 saturated carbocycles. The van der Waals surface area contributed by atoms with Gasteiger partial charge in [0, 0.05) is 13.2 Å². The molecule has 2 rings (SSSR count). The molecule has 0 unspecified atom stereocenters. The highest BCUT2D eigenvalue weighted by atomic mass is 79.9. The second-order valence-corrected chi connectivity index (χ2v) is 4.73. The fraction of sp³-hybridized carbons (Fsp3) is 0.250. The summed E-state index contributed by atoms with van der Waals surface area (Å²) in [5.74, 6) is 0. The van der Waals surface area contributed by atoms with Crippen molar-refractivity contribution in [2.24, 2.45) is 7.05 Å². The Hall–Kier alpha value is -1.87. The quantitative estimate of drug-likeness (QED) is 0.846. The van der Waals surface area contributed by atoms with Gasteiger partial charge in [0.25, 0.3) is 5.56 Å². The van der Waals surface area contributed by atoms with Crippen LogP contribution in [0.15, 0.2) is 27.6 Å². The maximum Gasteiger partial charge on any atom is 0.268 e. The van der Waals surface area contributed by atoms with Crippen LogP contribution < -0.4 is 5.56 Å². The van der Waals surface area contributed by atoms with Crippen LogP contribution in [0.2, 0.25) is 0 Å². The lowest BCUT2D eigenvalue weighted by Gasteiger charge is -2.06.